The molecular weight excluding hydrogens is 216 g/mol. The van der Waals surface area contributed by atoms with Crippen LogP contribution in [0, 0.1) is 0 Å². The molecule has 4 nitrogen and oxygen atoms in total. The summed E-state index contributed by atoms with van der Waals surface area (Å²) in [6.45, 7) is 4.46. The molecule has 0 bridgehead atoms. The van der Waals surface area contributed by atoms with Crippen LogP contribution in [0.5, 0.6) is 0 Å². The van der Waals surface area contributed by atoms with Crippen molar-refractivity contribution in [1.29, 1.82) is 0 Å². The molecule has 0 aliphatic rings. The molecule has 0 saturated heterocycles. The average Bonchev–Trinajstić information content (AvgIpc) is 1.79. The van der Waals surface area contributed by atoms with Gasteiger partial charge in [-0.25, -0.2) is 0 Å². The summed E-state index contributed by atoms with van der Waals surface area (Å²) in [7, 11) is 0. The summed E-state index contributed by atoms with van der Waals surface area (Å²) >= 11 is -5.25. The average molecular weight is 236 g/mol. The molecular formula is C6H20CrO4Si. The van der Waals surface area contributed by atoms with Crippen LogP contribution >= 0.6 is 0 Å². The Morgan fingerprint density at radius 2 is 1.17 bits per heavy atom. The van der Waals surface area contributed by atoms with Crippen LogP contribution in [0.15, 0.2) is 0 Å². The van der Waals surface area contributed by atoms with Crippen LogP contribution in [-0.2, 0) is 21.2 Å². The van der Waals surface area contributed by atoms with E-state index in [0.29, 0.717) is 0 Å². The molecule has 6 heteroatoms. The Morgan fingerprint density at radius 3 is 1.25 bits per heavy atom. The van der Waals surface area contributed by atoms with E-state index in [1.165, 1.54) is 25.7 Å². The second-order valence-corrected chi connectivity index (χ2v) is 3.55. The second-order valence-electron chi connectivity index (χ2n) is 2.15. The van der Waals surface area contributed by atoms with E-state index < -0.39 is 13.6 Å². The van der Waals surface area contributed by atoms with Crippen molar-refractivity contribution in [2.75, 3.05) is 0 Å². The molecule has 0 fully saturated rings. The van der Waals surface area contributed by atoms with E-state index in [9.17, 15) is 0 Å². The van der Waals surface area contributed by atoms with Crippen LogP contribution in [0.25, 0.3) is 0 Å². The van der Waals surface area contributed by atoms with Crippen molar-refractivity contribution < 1.29 is 29.5 Å². The second kappa shape index (κ2) is 11.3. The number of rotatable bonds is 3. The molecule has 2 N–H and O–H groups in total. The molecule has 0 aromatic heterocycles. The Labute approximate surface area is 80.4 Å². The van der Waals surface area contributed by atoms with E-state index in [-0.39, 0.29) is 11.0 Å². The van der Waals surface area contributed by atoms with Crippen molar-refractivity contribution in [2.45, 2.75) is 39.5 Å². The van der Waals surface area contributed by atoms with Crippen LogP contribution in [0.4, 0.5) is 0 Å². The molecule has 0 saturated carbocycles. The molecule has 78 valence electrons. The van der Waals surface area contributed by atoms with Crippen LogP contribution in [0.2, 0.25) is 0 Å². The Morgan fingerprint density at radius 1 is 1.00 bits per heavy atom. The predicted molar refractivity (Wildman–Crippen MR) is 47.0 cm³/mol. The van der Waals surface area contributed by atoms with E-state index >= 15 is 0 Å². The number of hydrogen-bond acceptors (Lipinski definition) is 2. The maximum Gasteiger partial charge on any atom is -0.0149 e. The van der Waals surface area contributed by atoms with Gasteiger partial charge < -0.3 is 0 Å². The van der Waals surface area contributed by atoms with E-state index in [0.717, 1.165) is 0 Å². The van der Waals surface area contributed by atoms with E-state index in [1.807, 2.05) is 0 Å². The van der Waals surface area contributed by atoms with Crippen molar-refractivity contribution in [2.24, 2.45) is 0 Å². The first kappa shape index (κ1) is 18.1. The van der Waals surface area contributed by atoms with Gasteiger partial charge >= 0.3 is 29.5 Å². The van der Waals surface area contributed by atoms with Gasteiger partial charge in [0.25, 0.3) is 0 Å². The summed E-state index contributed by atoms with van der Waals surface area (Å²) in [5.74, 6) is 0. The molecule has 0 aliphatic heterocycles. The minimum absolute atomic E-state index is 0. The van der Waals surface area contributed by atoms with Crippen LogP contribution in [0.1, 0.15) is 39.5 Å². The van der Waals surface area contributed by atoms with Crippen LogP contribution in [0.3, 0.4) is 0 Å². The van der Waals surface area contributed by atoms with Crippen molar-refractivity contribution in [1.82, 2.24) is 0 Å². The first-order valence-corrected chi connectivity index (χ1v) is 5.79. The largest absolute Gasteiger partial charge is 0.0149 e. The van der Waals surface area contributed by atoms with Crippen molar-refractivity contribution in [3.63, 3.8) is 0 Å². The van der Waals surface area contributed by atoms with Crippen LogP contribution in [-0.4, -0.2) is 19.3 Å². The van der Waals surface area contributed by atoms with Gasteiger partial charge in [0.15, 0.2) is 0 Å². The van der Waals surface area contributed by atoms with Gasteiger partial charge in [-0.1, -0.05) is 39.5 Å². The number of hydrogen-bond donors (Lipinski definition) is 2. The maximum absolute atomic E-state index is 8.82. The van der Waals surface area contributed by atoms with Gasteiger partial charge in [-0.2, -0.15) is 0 Å². The molecule has 0 atom stereocenters. The monoisotopic (exact) mass is 236 g/mol. The summed E-state index contributed by atoms with van der Waals surface area (Å²) in [5, 5.41) is 0. The first-order valence-electron chi connectivity index (χ1n) is 3.61. The molecule has 12 heavy (non-hydrogen) atoms. The quantitative estimate of drug-likeness (QED) is 0.525. The third-order valence-corrected chi connectivity index (χ3v) is 0.957. The van der Waals surface area contributed by atoms with Gasteiger partial charge in [0.2, 0.25) is 0 Å². The summed E-state index contributed by atoms with van der Waals surface area (Å²) in [5.41, 5.74) is 0. The zero-order valence-electron chi connectivity index (χ0n) is 6.95. The maximum atomic E-state index is 8.82. The Bertz CT molecular complexity index is 143. The van der Waals surface area contributed by atoms with E-state index in [2.05, 4.69) is 13.8 Å². The number of unbranched alkanes of at least 4 members (excludes halogenated alkanes) is 3. The van der Waals surface area contributed by atoms with Crippen LogP contribution < -0.4 is 0 Å². The Kier molecular flexibility index (Phi) is 17.0. The van der Waals surface area contributed by atoms with Gasteiger partial charge in [-0.05, 0) is 11.0 Å². The summed E-state index contributed by atoms with van der Waals surface area (Å²) in [6, 6.07) is 0. The topological polar surface area (TPSA) is 74.6 Å². The first-order chi connectivity index (χ1) is 4.91. The molecule has 0 radical (unpaired) electrons. The normalized spacial score (nSPS) is 9.33. The smallest absolute Gasteiger partial charge is 0.0149 e. The van der Waals surface area contributed by atoms with Crippen molar-refractivity contribution in [3.8, 4) is 0 Å². The third kappa shape index (κ3) is 82.6. The minimum Gasteiger partial charge on any atom is -0.0149 e. The van der Waals surface area contributed by atoms with Crippen molar-refractivity contribution in [3.05, 3.63) is 0 Å². The molecule has 0 rings (SSSR count). The van der Waals surface area contributed by atoms with Gasteiger partial charge in [-0.15, -0.1) is 0 Å². The molecule has 0 aromatic rings. The van der Waals surface area contributed by atoms with Gasteiger partial charge in [-0.3, -0.25) is 0 Å². The van der Waals surface area contributed by atoms with Gasteiger partial charge in [0, 0.05) is 0 Å². The molecule has 0 spiro atoms. The third-order valence-electron chi connectivity index (χ3n) is 0.957. The molecule has 0 heterocycles. The molecule has 0 aliphatic carbocycles. The fourth-order valence-electron chi connectivity index (χ4n) is 0.500. The Hall–Kier alpha value is 0.269. The summed E-state index contributed by atoms with van der Waals surface area (Å²) in [4.78, 5) is 0. The molecule has 0 unspecified atom stereocenters. The summed E-state index contributed by atoms with van der Waals surface area (Å²) < 4.78 is 31.9. The zero-order chi connectivity index (χ0) is 9.33. The Balaban J connectivity index is -0.000000126. The zero-order valence-corrected chi connectivity index (χ0v) is 8.22. The van der Waals surface area contributed by atoms with Crippen molar-refractivity contribution >= 4 is 11.0 Å². The minimum atomic E-state index is -5.25. The van der Waals surface area contributed by atoms with Gasteiger partial charge in [0.05, 0.1) is 0 Å². The predicted octanol–water partition coefficient (Wildman–Crippen LogP) is -0.219. The summed E-state index contributed by atoms with van der Waals surface area (Å²) in [6.07, 6.45) is 5.54. The van der Waals surface area contributed by atoms with E-state index in [1.54, 1.807) is 0 Å². The van der Waals surface area contributed by atoms with Gasteiger partial charge in [0.1, 0.15) is 0 Å². The molecule has 0 aromatic carbocycles. The fourth-order valence-corrected chi connectivity index (χ4v) is 0.500. The fraction of sp³-hybridized carbons (Fsp3) is 1.00. The SMILES string of the molecule is CCCCCC.[O]=[Cr](=[O])([OH])[OH].[SiH4]. The standard InChI is InChI=1S/C6H14.Cr.2H2O.2O.H4Si/c1-3-5-6-4-2;;;;;;/h3-6H2,1-2H3;;2*1H2;;;1H4/q;+2;;;;;/p-2. The van der Waals surface area contributed by atoms with E-state index in [4.69, 9.17) is 15.9 Å². The molecule has 0 amide bonds.